The topological polar surface area (TPSA) is 54.0 Å². The number of carbonyl (C=O) groups excluding carboxylic acids is 1. The highest BCUT2D eigenvalue weighted by Gasteiger charge is 2.54. The fourth-order valence-corrected chi connectivity index (χ4v) is 4.23. The van der Waals surface area contributed by atoms with Gasteiger partial charge in [0, 0.05) is 12.3 Å². The van der Waals surface area contributed by atoms with Crippen LogP contribution in [0.3, 0.4) is 0 Å². The summed E-state index contributed by atoms with van der Waals surface area (Å²) in [5, 5.41) is 0. The Morgan fingerprint density at radius 2 is 1.69 bits per heavy atom. The number of aldehydes is 1. The highest BCUT2D eigenvalue weighted by Crippen LogP contribution is 2.43. The van der Waals surface area contributed by atoms with Crippen molar-refractivity contribution in [3.8, 4) is 0 Å². The Labute approximate surface area is 191 Å². The van der Waals surface area contributed by atoms with Gasteiger partial charge < -0.3 is 23.7 Å². The molecule has 0 radical (unpaired) electrons. The standard InChI is InChI=1S/C27H34O5/c1-21(2)24-19-31-26(3,4)32-27(24,20-29-17-22-11-7-5-8-12-22)25(15-16-28)30-18-23-13-9-6-10-14-23/h5-14,16,24-25H,1,15,17-20H2,2-4H3/t24-,25-,27+/m0/s1. The summed E-state index contributed by atoms with van der Waals surface area (Å²) >= 11 is 0. The number of ether oxygens (including phenoxy) is 4. The maximum absolute atomic E-state index is 11.7. The SMILES string of the molecule is C=C(C)[C@@H]1COC(C)(C)O[C@@]1(COCc1ccccc1)[C@H](CC=O)OCc1ccccc1. The van der Waals surface area contributed by atoms with Crippen molar-refractivity contribution in [1.82, 2.24) is 0 Å². The average Bonchev–Trinajstić information content (AvgIpc) is 2.77. The van der Waals surface area contributed by atoms with Crippen LogP contribution in [0.1, 0.15) is 38.3 Å². The van der Waals surface area contributed by atoms with Crippen molar-refractivity contribution < 1.29 is 23.7 Å². The minimum absolute atomic E-state index is 0.182. The number of rotatable bonds is 11. The Hall–Kier alpha value is -2.31. The van der Waals surface area contributed by atoms with Crippen molar-refractivity contribution in [2.24, 2.45) is 5.92 Å². The quantitative estimate of drug-likeness (QED) is 0.361. The predicted octanol–water partition coefficient (Wildman–Crippen LogP) is 5.09. The van der Waals surface area contributed by atoms with E-state index in [0.717, 1.165) is 23.0 Å². The van der Waals surface area contributed by atoms with Gasteiger partial charge in [-0.25, -0.2) is 0 Å². The summed E-state index contributed by atoms with van der Waals surface area (Å²) in [5.74, 6) is -1.04. The van der Waals surface area contributed by atoms with Crippen LogP contribution in [0.5, 0.6) is 0 Å². The number of carbonyl (C=O) groups is 1. The van der Waals surface area contributed by atoms with E-state index in [2.05, 4.69) is 6.58 Å². The third kappa shape index (κ3) is 6.14. The molecular weight excluding hydrogens is 404 g/mol. The fraction of sp³-hybridized carbons (Fsp3) is 0.444. The maximum atomic E-state index is 11.7. The number of hydrogen-bond acceptors (Lipinski definition) is 5. The minimum atomic E-state index is -0.919. The first-order valence-corrected chi connectivity index (χ1v) is 11.1. The van der Waals surface area contributed by atoms with Crippen molar-refractivity contribution in [2.45, 2.75) is 57.9 Å². The Morgan fingerprint density at radius 1 is 1.09 bits per heavy atom. The second kappa shape index (κ2) is 11.0. The summed E-state index contributed by atoms with van der Waals surface area (Å²) in [6.45, 7) is 11.4. The van der Waals surface area contributed by atoms with Crippen molar-refractivity contribution in [1.29, 1.82) is 0 Å². The Kier molecular flexibility index (Phi) is 8.38. The molecule has 1 fully saturated rings. The minimum Gasteiger partial charge on any atom is -0.374 e. The number of hydrogen-bond donors (Lipinski definition) is 0. The van der Waals surface area contributed by atoms with Crippen molar-refractivity contribution in [2.75, 3.05) is 13.2 Å². The normalized spacial score (nSPS) is 23.4. The van der Waals surface area contributed by atoms with Gasteiger partial charge in [0.2, 0.25) is 0 Å². The van der Waals surface area contributed by atoms with Crippen molar-refractivity contribution >= 4 is 6.29 Å². The largest absolute Gasteiger partial charge is 0.374 e. The maximum Gasteiger partial charge on any atom is 0.163 e. The van der Waals surface area contributed by atoms with Gasteiger partial charge in [0.25, 0.3) is 0 Å². The van der Waals surface area contributed by atoms with Gasteiger partial charge in [0.1, 0.15) is 11.9 Å². The van der Waals surface area contributed by atoms with Crippen LogP contribution >= 0.6 is 0 Å². The molecule has 0 bridgehead atoms. The fourth-order valence-electron chi connectivity index (χ4n) is 4.23. The van der Waals surface area contributed by atoms with Gasteiger partial charge in [-0.05, 0) is 31.9 Å². The lowest BCUT2D eigenvalue weighted by molar-refractivity contribution is -0.359. The van der Waals surface area contributed by atoms with E-state index >= 15 is 0 Å². The highest BCUT2D eigenvalue weighted by molar-refractivity contribution is 5.51. The summed E-state index contributed by atoms with van der Waals surface area (Å²) < 4.78 is 25.1. The molecule has 1 aliphatic heterocycles. The second-order valence-electron chi connectivity index (χ2n) is 8.83. The van der Waals surface area contributed by atoms with Crippen LogP contribution in [0, 0.1) is 5.92 Å². The van der Waals surface area contributed by atoms with Gasteiger partial charge in [0.15, 0.2) is 5.79 Å². The number of benzene rings is 2. The second-order valence-corrected chi connectivity index (χ2v) is 8.83. The van der Waals surface area contributed by atoms with Gasteiger partial charge in [-0.3, -0.25) is 0 Å². The lowest BCUT2D eigenvalue weighted by atomic mass is 9.77. The highest BCUT2D eigenvalue weighted by atomic mass is 16.7. The van der Waals surface area contributed by atoms with Crippen LogP contribution in [-0.2, 0) is 37.0 Å². The van der Waals surface area contributed by atoms with Gasteiger partial charge >= 0.3 is 0 Å². The summed E-state index contributed by atoms with van der Waals surface area (Å²) in [5.41, 5.74) is 2.08. The van der Waals surface area contributed by atoms with Crippen molar-refractivity contribution in [3.05, 3.63) is 83.9 Å². The van der Waals surface area contributed by atoms with E-state index < -0.39 is 17.5 Å². The molecule has 3 rings (SSSR count). The molecule has 172 valence electrons. The van der Waals surface area contributed by atoms with Crippen LogP contribution in [0.25, 0.3) is 0 Å². The molecule has 0 aromatic heterocycles. The van der Waals surface area contributed by atoms with E-state index in [1.165, 1.54) is 0 Å². The van der Waals surface area contributed by atoms with Crippen LogP contribution in [0.2, 0.25) is 0 Å². The van der Waals surface area contributed by atoms with Crippen LogP contribution in [-0.4, -0.2) is 37.0 Å². The molecule has 2 aromatic rings. The predicted molar refractivity (Wildman–Crippen MR) is 124 cm³/mol. The Bertz CT molecular complexity index is 864. The van der Waals surface area contributed by atoms with E-state index in [-0.39, 0.29) is 18.9 Å². The zero-order valence-corrected chi connectivity index (χ0v) is 19.3. The third-order valence-corrected chi connectivity index (χ3v) is 5.81. The molecule has 0 saturated carbocycles. The molecule has 5 nitrogen and oxygen atoms in total. The van der Waals surface area contributed by atoms with E-state index in [0.29, 0.717) is 19.8 Å². The summed E-state index contributed by atoms with van der Waals surface area (Å²) in [6, 6.07) is 19.9. The molecule has 0 N–H and O–H groups in total. The molecule has 32 heavy (non-hydrogen) atoms. The van der Waals surface area contributed by atoms with Gasteiger partial charge in [-0.15, -0.1) is 0 Å². The van der Waals surface area contributed by atoms with Gasteiger partial charge in [0.05, 0.1) is 32.5 Å². The lowest BCUT2D eigenvalue weighted by Gasteiger charge is -2.53. The Balaban J connectivity index is 1.89. The Morgan fingerprint density at radius 3 is 2.25 bits per heavy atom. The first-order valence-electron chi connectivity index (χ1n) is 11.1. The lowest BCUT2D eigenvalue weighted by Crippen LogP contribution is -2.64. The molecule has 1 saturated heterocycles. The van der Waals surface area contributed by atoms with E-state index in [9.17, 15) is 4.79 Å². The smallest absolute Gasteiger partial charge is 0.163 e. The van der Waals surface area contributed by atoms with Crippen LogP contribution in [0.15, 0.2) is 72.8 Å². The van der Waals surface area contributed by atoms with E-state index in [1.54, 1.807) is 0 Å². The molecule has 0 amide bonds. The van der Waals surface area contributed by atoms with E-state index in [4.69, 9.17) is 18.9 Å². The molecule has 0 unspecified atom stereocenters. The summed E-state index contributed by atoms with van der Waals surface area (Å²) in [7, 11) is 0. The zero-order chi connectivity index (χ0) is 23.0. The summed E-state index contributed by atoms with van der Waals surface area (Å²) in [4.78, 5) is 11.7. The van der Waals surface area contributed by atoms with Crippen molar-refractivity contribution in [3.63, 3.8) is 0 Å². The zero-order valence-electron chi connectivity index (χ0n) is 19.3. The first-order chi connectivity index (χ1) is 15.4. The van der Waals surface area contributed by atoms with Gasteiger partial charge in [-0.2, -0.15) is 0 Å². The summed E-state index contributed by atoms with van der Waals surface area (Å²) in [6.07, 6.45) is 0.540. The van der Waals surface area contributed by atoms with Crippen LogP contribution < -0.4 is 0 Å². The molecule has 1 heterocycles. The van der Waals surface area contributed by atoms with Gasteiger partial charge in [-0.1, -0.05) is 72.8 Å². The molecule has 1 aliphatic rings. The molecule has 0 aliphatic carbocycles. The average molecular weight is 439 g/mol. The third-order valence-electron chi connectivity index (χ3n) is 5.81. The molecule has 3 atom stereocenters. The molecule has 5 heteroatoms. The molecule has 0 spiro atoms. The monoisotopic (exact) mass is 438 g/mol. The first kappa shape index (κ1) is 24.3. The molecule has 2 aromatic carbocycles. The van der Waals surface area contributed by atoms with E-state index in [1.807, 2.05) is 81.4 Å². The molecular formula is C27H34O5. The van der Waals surface area contributed by atoms with Crippen LogP contribution in [0.4, 0.5) is 0 Å².